The lowest BCUT2D eigenvalue weighted by Crippen LogP contribution is -2.36. The van der Waals surface area contributed by atoms with Crippen molar-refractivity contribution < 1.29 is 23.9 Å². The first kappa shape index (κ1) is 26.7. The molecule has 10 nitrogen and oxygen atoms in total. The number of unbranched alkanes of at least 4 members (excludes halogenated alkanes) is 1. The quantitative estimate of drug-likeness (QED) is 0.172. The van der Waals surface area contributed by atoms with Gasteiger partial charge in [-0.1, -0.05) is 13.3 Å². The highest BCUT2D eigenvalue weighted by Crippen LogP contribution is 2.33. The molecule has 0 aliphatic carbocycles. The van der Waals surface area contributed by atoms with Crippen LogP contribution in [0.2, 0.25) is 0 Å². The van der Waals surface area contributed by atoms with Crippen molar-refractivity contribution in [2.24, 2.45) is 0 Å². The van der Waals surface area contributed by atoms with E-state index in [-0.39, 0.29) is 29.9 Å². The summed E-state index contributed by atoms with van der Waals surface area (Å²) in [5.74, 6) is 1.00. The Bertz CT molecular complexity index is 597. The first-order valence-corrected chi connectivity index (χ1v) is 12.6. The van der Waals surface area contributed by atoms with Gasteiger partial charge < -0.3 is 30.7 Å². The first-order valence-electron chi connectivity index (χ1n) is 11.6. The van der Waals surface area contributed by atoms with Crippen LogP contribution in [0.5, 0.6) is 0 Å². The summed E-state index contributed by atoms with van der Waals surface area (Å²) in [6.07, 6.45) is 3.36. The van der Waals surface area contributed by atoms with Crippen LogP contribution in [-0.4, -0.2) is 105 Å². The Kier molecular flexibility index (Phi) is 12.8. The molecule has 3 atom stereocenters. The molecule has 0 bridgehead atoms. The number of fused-ring (bicyclic) bond motifs is 1. The number of carbonyl (C=O) groups is 3. The largest absolute Gasteiger partial charge is 0.377 e. The molecule has 2 saturated heterocycles. The molecule has 0 radical (unpaired) electrons. The van der Waals surface area contributed by atoms with E-state index in [1.165, 1.54) is 0 Å². The molecule has 4 amide bonds. The summed E-state index contributed by atoms with van der Waals surface area (Å²) in [5.41, 5.74) is 0. The molecular formula is C21H39N5O5S. The molecule has 32 heavy (non-hydrogen) atoms. The second kappa shape index (κ2) is 15.3. The van der Waals surface area contributed by atoms with Crippen molar-refractivity contribution in [2.75, 3.05) is 65.4 Å². The fourth-order valence-corrected chi connectivity index (χ4v) is 5.17. The number of hydrogen-bond acceptors (Lipinski definition) is 7. The number of nitrogens with zero attached hydrogens (tertiary/aromatic N) is 1. The molecule has 0 aromatic carbocycles. The highest BCUT2D eigenvalue weighted by molar-refractivity contribution is 8.00. The second-order valence-electron chi connectivity index (χ2n) is 8.12. The summed E-state index contributed by atoms with van der Waals surface area (Å²) in [5, 5.41) is 12.1. The molecule has 11 heteroatoms. The molecule has 2 aliphatic rings. The lowest BCUT2D eigenvalue weighted by atomic mass is 10.0. The van der Waals surface area contributed by atoms with Crippen LogP contribution in [0.4, 0.5) is 4.79 Å². The average molecular weight is 474 g/mol. The van der Waals surface area contributed by atoms with Gasteiger partial charge in [0.15, 0.2) is 0 Å². The van der Waals surface area contributed by atoms with E-state index in [0.29, 0.717) is 57.7 Å². The third kappa shape index (κ3) is 10.4. The predicted molar refractivity (Wildman–Crippen MR) is 125 cm³/mol. The van der Waals surface area contributed by atoms with E-state index in [4.69, 9.17) is 9.47 Å². The predicted octanol–water partition coefficient (Wildman–Crippen LogP) is -0.0705. The van der Waals surface area contributed by atoms with Crippen molar-refractivity contribution in [1.82, 2.24) is 26.2 Å². The molecule has 2 fully saturated rings. The smallest absolute Gasteiger partial charge is 0.315 e. The highest BCUT2D eigenvalue weighted by atomic mass is 32.2. The normalized spacial score (nSPS) is 21.8. The Hall–Kier alpha value is -1.56. The number of likely N-dealkylation sites (N-methyl/N-ethyl adjacent to an activating group) is 1. The van der Waals surface area contributed by atoms with Crippen molar-refractivity contribution in [3.05, 3.63) is 0 Å². The average Bonchev–Trinajstić information content (AvgIpc) is 3.31. The van der Waals surface area contributed by atoms with Crippen LogP contribution in [0.3, 0.4) is 0 Å². The van der Waals surface area contributed by atoms with Crippen LogP contribution >= 0.6 is 11.8 Å². The van der Waals surface area contributed by atoms with E-state index in [0.717, 1.165) is 31.6 Å². The SMILES string of the molecule is CCN(C)CC(=O)NCCOCCOCCNC(=O)CCCCC1SCC2NC(=O)NC21. The lowest BCUT2D eigenvalue weighted by molar-refractivity contribution is -0.122. The Labute approximate surface area is 195 Å². The number of urea groups is 1. The topological polar surface area (TPSA) is 121 Å². The third-order valence-corrected chi connectivity index (χ3v) is 7.05. The first-order chi connectivity index (χ1) is 15.5. The maximum Gasteiger partial charge on any atom is 0.315 e. The number of carbonyl (C=O) groups excluding carboxylic acids is 3. The molecule has 0 saturated carbocycles. The molecule has 4 N–H and O–H groups in total. The van der Waals surface area contributed by atoms with Gasteiger partial charge in [-0.2, -0.15) is 11.8 Å². The lowest BCUT2D eigenvalue weighted by Gasteiger charge is -2.16. The van der Waals surface area contributed by atoms with Crippen LogP contribution in [0.1, 0.15) is 32.6 Å². The van der Waals surface area contributed by atoms with Gasteiger partial charge in [-0.05, 0) is 26.4 Å². The van der Waals surface area contributed by atoms with Crippen molar-refractivity contribution >= 4 is 29.6 Å². The summed E-state index contributed by atoms with van der Waals surface area (Å²) in [6.45, 7) is 6.01. The summed E-state index contributed by atoms with van der Waals surface area (Å²) in [7, 11) is 1.90. The molecule has 0 spiro atoms. The van der Waals surface area contributed by atoms with Crippen molar-refractivity contribution in [2.45, 2.75) is 49.9 Å². The van der Waals surface area contributed by atoms with Gasteiger partial charge in [0.25, 0.3) is 0 Å². The summed E-state index contributed by atoms with van der Waals surface area (Å²) in [6, 6.07) is 0.428. The molecular weight excluding hydrogens is 434 g/mol. The number of ether oxygens (including phenoxy) is 2. The summed E-state index contributed by atoms with van der Waals surface area (Å²) >= 11 is 1.90. The van der Waals surface area contributed by atoms with E-state index in [1.54, 1.807) is 0 Å². The third-order valence-electron chi connectivity index (χ3n) is 5.54. The molecule has 2 rings (SSSR count). The number of thioether (sulfide) groups is 1. The van der Waals surface area contributed by atoms with Crippen molar-refractivity contribution in [3.8, 4) is 0 Å². The minimum atomic E-state index is -0.0574. The van der Waals surface area contributed by atoms with Crippen molar-refractivity contribution in [1.29, 1.82) is 0 Å². The monoisotopic (exact) mass is 473 g/mol. The minimum Gasteiger partial charge on any atom is -0.377 e. The highest BCUT2D eigenvalue weighted by Gasteiger charge is 2.42. The minimum absolute atomic E-state index is 0.00406. The molecule has 2 aliphatic heterocycles. The van der Waals surface area contributed by atoms with E-state index < -0.39 is 0 Å². The van der Waals surface area contributed by atoms with Gasteiger partial charge in [-0.15, -0.1) is 0 Å². The maximum atomic E-state index is 11.9. The Morgan fingerprint density at radius 2 is 1.75 bits per heavy atom. The molecule has 184 valence electrons. The maximum absolute atomic E-state index is 11.9. The van der Waals surface area contributed by atoms with Crippen molar-refractivity contribution in [3.63, 3.8) is 0 Å². The van der Waals surface area contributed by atoms with Gasteiger partial charge in [0, 0.05) is 30.5 Å². The Morgan fingerprint density at radius 1 is 1.06 bits per heavy atom. The fourth-order valence-electron chi connectivity index (χ4n) is 3.62. The molecule has 3 unspecified atom stereocenters. The zero-order valence-corrected chi connectivity index (χ0v) is 20.1. The number of hydrogen-bond donors (Lipinski definition) is 4. The van der Waals surface area contributed by atoms with Gasteiger partial charge in [-0.3, -0.25) is 14.5 Å². The molecule has 0 aromatic rings. The Morgan fingerprint density at radius 3 is 2.44 bits per heavy atom. The standard InChI is InChI=1S/C21H39N5O5S/c1-3-26(2)14-19(28)23-9-11-31-13-12-30-10-8-22-18(27)7-5-4-6-17-20-16(15-32-17)24-21(29)25-20/h16-17,20H,3-15H2,1-2H3,(H,22,27)(H,23,28)(H2,24,25,29). The van der Waals surface area contributed by atoms with Crippen LogP contribution < -0.4 is 21.3 Å². The second-order valence-corrected chi connectivity index (χ2v) is 9.39. The fraction of sp³-hybridized carbons (Fsp3) is 0.857. The van der Waals surface area contributed by atoms with E-state index >= 15 is 0 Å². The summed E-state index contributed by atoms with van der Waals surface area (Å²) < 4.78 is 10.9. The van der Waals surface area contributed by atoms with E-state index in [1.807, 2.05) is 30.6 Å². The van der Waals surface area contributed by atoms with Crippen LogP contribution in [0, 0.1) is 0 Å². The Balaban J connectivity index is 1.33. The number of rotatable bonds is 17. The molecule has 0 aromatic heterocycles. The number of amides is 4. The van der Waals surface area contributed by atoms with Crippen LogP contribution in [0.25, 0.3) is 0 Å². The van der Waals surface area contributed by atoms with Crippen LogP contribution in [0.15, 0.2) is 0 Å². The van der Waals surface area contributed by atoms with Crippen LogP contribution in [-0.2, 0) is 19.1 Å². The van der Waals surface area contributed by atoms with Gasteiger partial charge in [0.05, 0.1) is 45.1 Å². The number of nitrogens with one attached hydrogen (secondary N) is 4. The van der Waals surface area contributed by atoms with E-state index in [2.05, 4.69) is 21.3 Å². The zero-order valence-electron chi connectivity index (χ0n) is 19.3. The van der Waals surface area contributed by atoms with Gasteiger partial charge in [-0.25, -0.2) is 4.79 Å². The van der Waals surface area contributed by atoms with Gasteiger partial charge in [0.2, 0.25) is 11.8 Å². The van der Waals surface area contributed by atoms with E-state index in [9.17, 15) is 14.4 Å². The zero-order chi connectivity index (χ0) is 23.2. The molecule has 2 heterocycles. The summed E-state index contributed by atoms with van der Waals surface area (Å²) in [4.78, 5) is 36.8. The van der Waals surface area contributed by atoms with Gasteiger partial charge >= 0.3 is 6.03 Å². The van der Waals surface area contributed by atoms with Gasteiger partial charge in [0.1, 0.15) is 0 Å².